The van der Waals surface area contributed by atoms with Crippen molar-refractivity contribution < 1.29 is 4.74 Å². The number of hydrogen-bond acceptors (Lipinski definition) is 3. The summed E-state index contributed by atoms with van der Waals surface area (Å²) in [5.41, 5.74) is 1.21. The Kier molecular flexibility index (Phi) is 3.05. The Bertz CT molecular complexity index is 527. The molecule has 0 atom stereocenters. The molecule has 0 fully saturated rings. The molecule has 1 aromatic heterocycles. The molecule has 4 nitrogen and oxygen atoms in total. The lowest BCUT2D eigenvalue weighted by Gasteiger charge is -2.05. The molecular formula is C11H13N3OS. The van der Waals surface area contributed by atoms with Gasteiger partial charge >= 0.3 is 0 Å². The third kappa shape index (κ3) is 2.30. The maximum Gasteiger partial charge on any atom is 0.194 e. The highest BCUT2D eigenvalue weighted by atomic mass is 32.1. The minimum atomic E-state index is 0.409. The van der Waals surface area contributed by atoms with Gasteiger partial charge in [-0.1, -0.05) is 17.7 Å². The van der Waals surface area contributed by atoms with Crippen LogP contribution in [-0.2, 0) is 13.7 Å². The number of aryl methyl sites for hydroxylation is 1. The van der Waals surface area contributed by atoms with E-state index in [1.54, 1.807) is 4.57 Å². The molecule has 2 aromatic rings. The highest BCUT2D eigenvalue weighted by Crippen LogP contribution is 2.12. The van der Waals surface area contributed by atoms with E-state index in [1.807, 2.05) is 38.2 Å². The van der Waals surface area contributed by atoms with E-state index in [4.69, 9.17) is 17.0 Å². The Morgan fingerprint density at radius 3 is 2.62 bits per heavy atom. The normalized spacial score (nSPS) is 10.4. The van der Waals surface area contributed by atoms with Gasteiger partial charge in [-0.2, -0.15) is 5.10 Å². The van der Waals surface area contributed by atoms with Crippen molar-refractivity contribution in [3.05, 3.63) is 40.4 Å². The van der Waals surface area contributed by atoms with Crippen LogP contribution in [0.15, 0.2) is 24.3 Å². The van der Waals surface area contributed by atoms with Crippen molar-refractivity contribution in [2.75, 3.05) is 0 Å². The van der Waals surface area contributed by atoms with E-state index in [1.165, 1.54) is 5.56 Å². The number of nitrogens with zero attached hydrogens (tertiary/aromatic N) is 2. The topological polar surface area (TPSA) is 42.8 Å². The van der Waals surface area contributed by atoms with Crippen LogP contribution in [0.3, 0.4) is 0 Å². The zero-order valence-corrected chi connectivity index (χ0v) is 10.0. The van der Waals surface area contributed by atoms with E-state index in [0.29, 0.717) is 11.4 Å². The van der Waals surface area contributed by atoms with Crippen molar-refractivity contribution in [2.24, 2.45) is 7.05 Å². The summed E-state index contributed by atoms with van der Waals surface area (Å²) in [7, 11) is 1.86. The molecule has 0 saturated carbocycles. The van der Waals surface area contributed by atoms with E-state index >= 15 is 0 Å². The second-order valence-electron chi connectivity index (χ2n) is 3.61. The quantitative estimate of drug-likeness (QED) is 0.830. The molecular weight excluding hydrogens is 222 g/mol. The minimum absolute atomic E-state index is 0.409. The van der Waals surface area contributed by atoms with Gasteiger partial charge in [-0.15, -0.1) is 0 Å². The summed E-state index contributed by atoms with van der Waals surface area (Å²) in [5, 5.41) is 6.79. The first-order valence-electron chi connectivity index (χ1n) is 4.96. The number of aromatic amines is 1. The van der Waals surface area contributed by atoms with Gasteiger partial charge in [0.15, 0.2) is 10.6 Å². The van der Waals surface area contributed by atoms with Gasteiger partial charge in [0.1, 0.15) is 12.4 Å². The number of benzene rings is 1. The summed E-state index contributed by atoms with van der Waals surface area (Å²) in [6.45, 7) is 2.45. The molecule has 1 heterocycles. The summed E-state index contributed by atoms with van der Waals surface area (Å²) in [6.07, 6.45) is 0. The average molecular weight is 235 g/mol. The summed E-state index contributed by atoms with van der Waals surface area (Å²) < 4.78 is 7.99. The standard InChI is InChI=1S/C11H13N3OS/c1-8-3-5-9(6-4-8)15-7-10-12-13-11(16)14(10)2/h3-6H,7H2,1-2H3,(H,13,16). The van der Waals surface area contributed by atoms with Crippen molar-refractivity contribution in [2.45, 2.75) is 13.5 Å². The fourth-order valence-electron chi connectivity index (χ4n) is 1.29. The number of hydrogen-bond donors (Lipinski definition) is 1. The van der Waals surface area contributed by atoms with Gasteiger partial charge in [-0.3, -0.25) is 5.10 Å². The molecule has 84 valence electrons. The first-order chi connectivity index (χ1) is 7.66. The van der Waals surface area contributed by atoms with E-state index < -0.39 is 0 Å². The number of H-pyrrole nitrogens is 1. The van der Waals surface area contributed by atoms with Gasteiger partial charge in [-0.25, -0.2) is 0 Å². The second-order valence-corrected chi connectivity index (χ2v) is 3.99. The summed E-state index contributed by atoms with van der Waals surface area (Å²) in [4.78, 5) is 0. The Hall–Kier alpha value is -1.62. The first kappa shape index (κ1) is 10.9. The maximum absolute atomic E-state index is 5.59. The highest BCUT2D eigenvalue weighted by Gasteiger charge is 2.02. The third-order valence-corrected chi connectivity index (χ3v) is 2.73. The van der Waals surface area contributed by atoms with Crippen LogP contribution in [0.2, 0.25) is 0 Å². The van der Waals surface area contributed by atoms with Crippen molar-refractivity contribution in [1.82, 2.24) is 14.8 Å². The molecule has 0 amide bonds. The lowest BCUT2D eigenvalue weighted by molar-refractivity contribution is 0.291. The molecule has 1 aromatic carbocycles. The Labute approximate surface area is 98.9 Å². The minimum Gasteiger partial charge on any atom is -0.486 e. The first-order valence-corrected chi connectivity index (χ1v) is 5.37. The molecule has 0 aliphatic carbocycles. The van der Waals surface area contributed by atoms with Crippen LogP contribution in [0.1, 0.15) is 11.4 Å². The van der Waals surface area contributed by atoms with Gasteiger partial charge < -0.3 is 9.30 Å². The smallest absolute Gasteiger partial charge is 0.194 e. The zero-order chi connectivity index (χ0) is 11.5. The van der Waals surface area contributed by atoms with Gasteiger partial charge in [0.05, 0.1) is 0 Å². The Morgan fingerprint density at radius 2 is 2.06 bits per heavy atom. The lowest BCUT2D eigenvalue weighted by atomic mass is 10.2. The van der Waals surface area contributed by atoms with Crippen LogP contribution in [0.5, 0.6) is 5.75 Å². The number of ether oxygens (including phenoxy) is 1. The number of rotatable bonds is 3. The molecule has 0 bridgehead atoms. The summed E-state index contributed by atoms with van der Waals surface area (Å²) >= 11 is 5.01. The molecule has 16 heavy (non-hydrogen) atoms. The van der Waals surface area contributed by atoms with E-state index in [-0.39, 0.29) is 0 Å². The van der Waals surface area contributed by atoms with Crippen LogP contribution in [-0.4, -0.2) is 14.8 Å². The van der Waals surface area contributed by atoms with Crippen molar-refractivity contribution in [1.29, 1.82) is 0 Å². The van der Waals surface area contributed by atoms with Crippen molar-refractivity contribution in [3.63, 3.8) is 0 Å². The van der Waals surface area contributed by atoms with Gasteiger partial charge in [0, 0.05) is 7.05 Å². The zero-order valence-electron chi connectivity index (χ0n) is 9.23. The van der Waals surface area contributed by atoms with Crippen molar-refractivity contribution in [3.8, 4) is 5.75 Å². The highest BCUT2D eigenvalue weighted by molar-refractivity contribution is 7.71. The van der Waals surface area contributed by atoms with Crippen molar-refractivity contribution >= 4 is 12.2 Å². The Balaban J connectivity index is 2.05. The molecule has 0 spiro atoms. The van der Waals surface area contributed by atoms with Crippen LogP contribution < -0.4 is 4.74 Å². The summed E-state index contributed by atoms with van der Waals surface area (Å²) in [6, 6.07) is 7.91. The van der Waals surface area contributed by atoms with Gasteiger partial charge in [0.25, 0.3) is 0 Å². The average Bonchev–Trinajstić information content (AvgIpc) is 2.60. The fraction of sp³-hybridized carbons (Fsp3) is 0.273. The van der Waals surface area contributed by atoms with Crippen LogP contribution in [0.4, 0.5) is 0 Å². The van der Waals surface area contributed by atoms with Gasteiger partial charge in [-0.05, 0) is 31.3 Å². The Morgan fingerprint density at radius 1 is 1.38 bits per heavy atom. The molecule has 1 N–H and O–H groups in total. The monoisotopic (exact) mass is 235 g/mol. The molecule has 0 saturated heterocycles. The second kappa shape index (κ2) is 4.49. The fourth-order valence-corrected chi connectivity index (χ4v) is 1.44. The van der Waals surface area contributed by atoms with Crippen LogP contribution >= 0.6 is 12.2 Å². The molecule has 0 radical (unpaired) electrons. The maximum atomic E-state index is 5.59. The van der Waals surface area contributed by atoms with Crippen LogP contribution in [0, 0.1) is 11.7 Å². The van der Waals surface area contributed by atoms with Gasteiger partial charge in [0.2, 0.25) is 0 Å². The predicted molar refractivity (Wildman–Crippen MR) is 63.9 cm³/mol. The van der Waals surface area contributed by atoms with Crippen LogP contribution in [0.25, 0.3) is 0 Å². The van der Waals surface area contributed by atoms with E-state index in [2.05, 4.69) is 10.2 Å². The van der Waals surface area contributed by atoms with E-state index in [9.17, 15) is 0 Å². The lowest BCUT2D eigenvalue weighted by Crippen LogP contribution is -2.03. The molecule has 0 aliphatic heterocycles. The third-order valence-electron chi connectivity index (χ3n) is 2.36. The molecule has 0 unspecified atom stereocenters. The molecule has 0 aliphatic rings. The number of aromatic nitrogens is 3. The number of nitrogens with one attached hydrogen (secondary N) is 1. The molecule has 2 rings (SSSR count). The van der Waals surface area contributed by atoms with E-state index in [0.717, 1.165) is 11.6 Å². The summed E-state index contributed by atoms with van der Waals surface area (Å²) in [5.74, 6) is 1.62. The SMILES string of the molecule is Cc1ccc(OCc2n[nH]c(=S)n2C)cc1. The molecule has 5 heteroatoms. The largest absolute Gasteiger partial charge is 0.486 e. The predicted octanol–water partition coefficient (Wildman–Crippen LogP) is 2.37.